The largest absolute Gasteiger partial charge is 0.304 e. The van der Waals surface area contributed by atoms with Gasteiger partial charge in [0.25, 0.3) is 0 Å². The van der Waals surface area contributed by atoms with Crippen LogP contribution in [-0.4, -0.2) is 12.6 Å². The van der Waals surface area contributed by atoms with E-state index in [-0.39, 0.29) is 0 Å². The summed E-state index contributed by atoms with van der Waals surface area (Å²) in [6, 6.07) is 0.581. The number of nitrogens with one attached hydrogen (secondary N) is 1. The molecular formula is C13H25N. The molecule has 0 radical (unpaired) electrons. The zero-order valence-corrected chi connectivity index (χ0v) is 9.81. The van der Waals surface area contributed by atoms with Gasteiger partial charge in [0, 0.05) is 6.04 Å². The predicted octanol–water partition coefficient (Wildman–Crippen LogP) is 3.35. The van der Waals surface area contributed by atoms with Crippen molar-refractivity contribution in [1.82, 2.24) is 5.32 Å². The van der Waals surface area contributed by atoms with Gasteiger partial charge in [0.2, 0.25) is 0 Å². The number of hydrogen-bond donors (Lipinski definition) is 1. The van der Waals surface area contributed by atoms with Crippen molar-refractivity contribution in [1.29, 1.82) is 0 Å². The molecule has 0 rings (SSSR count). The highest BCUT2D eigenvalue weighted by molar-refractivity contribution is 4.87. The summed E-state index contributed by atoms with van der Waals surface area (Å²) in [5, 5.41) is 3.30. The molecule has 82 valence electrons. The molecule has 0 aliphatic heterocycles. The Hall–Kier alpha value is -0.480. The van der Waals surface area contributed by atoms with E-state index in [9.17, 15) is 0 Å². The van der Waals surface area contributed by atoms with Crippen molar-refractivity contribution in [2.75, 3.05) is 6.54 Å². The van der Waals surface area contributed by atoms with Gasteiger partial charge in [-0.05, 0) is 13.3 Å². The van der Waals surface area contributed by atoms with Gasteiger partial charge in [-0.1, -0.05) is 51.4 Å². The summed E-state index contributed by atoms with van der Waals surface area (Å²) in [6.45, 7) is 5.17. The molecule has 0 aliphatic rings. The van der Waals surface area contributed by atoms with Crippen molar-refractivity contribution in [2.24, 2.45) is 0 Å². The van der Waals surface area contributed by atoms with E-state index in [1.54, 1.807) is 0 Å². The third-order valence-electron chi connectivity index (χ3n) is 2.54. The zero-order chi connectivity index (χ0) is 10.6. The van der Waals surface area contributed by atoms with Crippen LogP contribution in [0.15, 0.2) is 0 Å². The third-order valence-corrected chi connectivity index (χ3v) is 2.54. The van der Waals surface area contributed by atoms with E-state index < -0.39 is 0 Å². The first-order valence-corrected chi connectivity index (χ1v) is 5.98. The summed E-state index contributed by atoms with van der Waals surface area (Å²) in [6.07, 6.45) is 14.7. The van der Waals surface area contributed by atoms with Crippen LogP contribution in [0.4, 0.5) is 0 Å². The van der Waals surface area contributed by atoms with Gasteiger partial charge in [-0.15, -0.1) is 6.42 Å². The topological polar surface area (TPSA) is 12.0 Å². The molecule has 0 aromatic heterocycles. The Morgan fingerprint density at radius 3 is 2.43 bits per heavy atom. The van der Waals surface area contributed by atoms with E-state index in [4.69, 9.17) is 6.42 Å². The minimum absolute atomic E-state index is 0.581. The Bertz CT molecular complexity index is 146. The Balaban J connectivity index is 3.07. The highest BCUT2D eigenvalue weighted by atomic mass is 14.9. The summed E-state index contributed by atoms with van der Waals surface area (Å²) in [4.78, 5) is 0. The first-order valence-electron chi connectivity index (χ1n) is 5.98. The van der Waals surface area contributed by atoms with Gasteiger partial charge in [-0.3, -0.25) is 0 Å². The second kappa shape index (κ2) is 10.6. The Labute approximate surface area is 89.7 Å². The molecule has 14 heavy (non-hydrogen) atoms. The first kappa shape index (κ1) is 13.5. The quantitative estimate of drug-likeness (QED) is 0.439. The summed E-state index contributed by atoms with van der Waals surface area (Å²) in [5.74, 6) is 2.61. The molecule has 0 amide bonds. The number of rotatable bonds is 9. The highest BCUT2D eigenvalue weighted by Gasteiger charge is 1.98. The lowest BCUT2D eigenvalue weighted by molar-refractivity contribution is 0.498. The molecular weight excluding hydrogens is 170 g/mol. The van der Waals surface area contributed by atoms with Gasteiger partial charge < -0.3 is 5.32 Å². The summed E-state index contributed by atoms with van der Waals surface area (Å²) >= 11 is 0. The molecule has 0 bridgehead atoms. The lowest BCUT2D eigenvalue weighted by Crippen LogP contribution is -2.25. The fourth-order valence-electron chi connectivity index (χ4n) is 1.57. The van der Waals surface area contributed by atoms with Crippen molar-refractivity contribution in [3.05, 3.63) is 0 Å². The van der Waals surface area contributed by atoms with Crippen molar-refractivity contribution in [2.45, 2.75) is 64.8 Å². The van der Waals surface area contributed by atoms with Crippen LogP contribution in [0.5, 0.6) is 0 Å². The lowest BCUT2D eigenvalue weighted by Gasteiger charge is -2.10. The van der Waals surface area contributed by atoms with E-state index in [0.29, 0.717) is 12.6 Å². The molecule has 0 aromatic rings. The molecule has 0 heterocycles. The smallest absolute Gasteiger partial charge is 0.0575 e. The van der Waals surface area contributed by atoms with Crippen molar-refractivity contribution < 1.29 is 0 Å². The van der Waals surface area contributed by atoms with Gasteiger partial charge >= 0.3 is 0 Å². The standard InChI is InChI=1S/C13H25N/c1-4-6-7-8-9-10-11-13(3)14-12-5-2/h2,13-14H,4,6-12H2,1,3H3/t13-/m1/s1. The minimum atomic E-state index is 0.581. The van der Waals surface area contributed by atoms with Gasteiger partial charge in [0.05, 0.1) is 6.54 Å². The molecule has 1 heteroatoms. The average Bonchev–Trinajstić information content (AvgIpc) is 2.20. The first-order chi connectivity index (χ1) is 6.81. The maximum atomic E-state index is 5.17. The fourth-order valence-corrected chi connectivity index (χ4v) is 1.57. The predicted molar refractivity (Wildman–Crippen MR) is 64.3 cm³/mol. The number of unbranched alkanes of at least 4 members (excludes halogenated alkanes) is 5. The van der Waals surface area contributed by atoms with Gasteiger partial charge in [-0.2, -0.15) is 0 Å². The van der Waals surface area contributed by atoms with Crippen molar-refractivity contribution >= 4 is 0 Å². The van der Waals surface area contributed by atoms with Crippen LogP contribution in [0.2, 0.25) is 0 Å². The van der Waals surface area contributed by atoms with Crippen LogP contribution in [-0.2, 0) is 0 Å². The lowest BCUT2D eigenvalue weighted by atomic mass is 10.1. The normalized spacial score (nSPS) is 12.4. The van der Waals surface area contributed by atoms with E-state index in [1.807, 2.05) is 0 Å². The molecule has 1 nitrogen and oxygen atoms in total. The monoisotopic (exact) mass is 195 g/mol. The summed E-state index contributed by atoms with van der Waals surface area (Å²) in [7, 11) is 0. The van der Waals surface area contributed by atoms with Crippen molar-refractivity contribution in [3.8, 4) is 12.3 Å². The molecule has 1 N–H and O–H groups in total. The SMILES string of the molecule is C#CCN[C@H](C)CCCCCCCC. The van der Waals surface area contributed by atoms with Crippen LogP contribution in [0.1, 0.15) is 58.8 Å². The molecule has 0 saturated heterocycles. The van der Waals surface area contributed by atoms with Gasteiger partial charge in [-0.25, -0.2) is 0 Å². The van der Waals surface area contributed by atoms with E-state index in [0.717, 1.165) is 0 Å². The zero-order valence-electron chi connectivity index (χ0n) is 9.81. The van der Waals surface area contributed by atoms with Crippen LogP contribution >= 0.6 is 0 Å². The fraction of sp³-hybridized carbons (Fsp3) is 0.846. The summed E-state index contributed by atoms with van der Waals surface area (Å²) in [5.41, 5.74) is 0. The van der Waals surface area contributed by atoms with Crippen LogP contribution < -0.4 is 5.32 Å². The van der Waals surface area contributed by atoms with Crippen LogP contribution in [0, 0.1) is 12.3 Å². The number of hydrogen-bond acceptors (Lipinski definition) is 1. The Morgan fingerprint density at radius 1 is 1.14 bits per heavy atom. The second-order valence-corrected chi connectivity index (χ2v) is 4.04. The molecule has 0 aliphatic carbocycles. The van der Waals surface area contributed by atoms with Crippen LogP contribution in [0.25, 0.3) is 0 Å². The average molecular weight is 195 g/mol. The van der Waals surface area contributed by atoms with Crippen LogP contribution in [0.3, 0.4) is 0 Å². The van der Waals surface area contributed by atoms with Gasteiger partial charge in [0.15, 0.2) is 0 Å². The maximum Gasteiger partial charge on any atom is 0.0575 e. The van der Waals surface area contributed by atoms with E-state index in [2.05, 4.69) is 25.1 Å². The number of terminal acetylenes is 1. The van der Waals surface area contributed by atoms with Crippen molar-refractivity contribution in [3.63, 3.8) is 0 Å². The molecule has 0 unspecified atom stereocenters. The highest BCUT2D eigenvalue weighted by Crippen LogP contribution is 2.08. The third kappa shape index (κ3) is 9.61. The minimum Gasteiger partial charge on any atom is -0.304 e. The summed E-state index contributed by atoms with van der Waals surface area (Å²) < 4.78 is 0. The Morgan fingerprint density at radius 2 is 1.79 bits per heavy atom. The van der Waals surface area contributed by atoms with E-state index >= 15 is 0 Å². The Kier molecular flexibility index (Phi) is 10.2. The molecule has 0 fully saturated rings. The molecule has 0 spiro atoms. The maximum absolute atomic E-state index is 5.17. The van der Waals surface area contributed by atoms with Gasteiger partial charge in [0.1, 0.15) is 0 Å². The second-order valence-electron chi connectivity index (χ2n) is 4.04. The molecule has 0 aromatic carbocycles. The molecule has 0 saturated carbocycles. The molecule has 1 atom stereocenters. The van der Waals surface area contributed by atoms with E-state index in [1.165, 1.54) is 44.9 Å².